The lowest BCUT2D eigenvalue weighted by Gasteiger charge is -2.19. The maximum Gasteiger partial charge on any atom is 0.221 e. The summed E-state index contributed by atoms with van der Waals surface area (Å²) in [6.07, 6.45) is 2.12. The van der Waals surface area contributed by atoms with Crippen molar-refractivity contribution in [1.82, 2.24) is 16.0 Å². The Balaban J connectivity index is 3.98. The first kappa shape index (κ1) is 28.2. The number of amides is 3. The third-order valence-corrected chi connectivity index (χ3v) is 4.11. The van der Waals surface area contributed by atoms with Crippen LogP contribution in [0.5, 0.6) is 0 Å². The Morgan fingerprint density at radius 2 is 1.10 bits per heavy atom. The van der Waals surface area contributed by atoms with Crippen molar-refractivity contribution >= 4 is 52.5 Å². The van der Waals surface area contributed by atoms with E-state index in [1.165, 1.54) is 0 Å². The van der Waals surface area contributed by atoms with Crippen LogP contribution in [0.2, 0.25) is 0 Å². The molecule has 0 aromatic rings. The zero-order chi connectivity index (χ0) is 21.7. The molecule has 3 amide bonds. The first-order valence-electron chi connectivity index (χ1n) is 9.69. The van der Waals surface area contributed by atoms with Crippen LogP contribution in [0, 0.1) is 0 Å². The minimum absolute atomic E-state index is 0.0848. The molecule has 0 aromatic heterocycles. The average molecular weight is 477 g/mol. The van der Waals surface area contributed by atoms with Crippen molar-refractivity contribution in [2.24, 2.45) is 0 Å². The number of carbonyl (C=O) groups excluding carboxylic acids is 3. The fourth-order valence-corrected chi connectivity index (χ4v) is 2.64. The predicted octanol–water partition coefficient (Wildman–Crippen LogP) is 1.40. The standard InChI is InChI=1S/C18H32Cl3N3O5/c19-6-3-16(25)22-9-1-11-28-13-15(24-18(27)5-8-21)14-29-12-2-10-23-17(26)4-7-20/h15H,1-14H2,(H,22,25)(H,23,26)(H,24,27). The molecule has 0 saturated carbocycles. The molecule has 0 aromatic carbocycles. The van der Waals surface area contributed by atoms with Gasteiger partial charge in [-0.15, -0.1) is 34.8 Å². The highest BCUT2D eigenvalue weighted by molar-refractivity contribution is 6.19. The lowest BCUT2D eigenvalue weighted by molar-refractivity contribution is -0.123. The molecular formula is C18H32Cl3N3O5. The summed E-state index contributed by atoms with van der Waals surface area (Å²) in [5.41, 5.74) is 0. The molecule has 0 aliphatic rings. The van der Waals surface area contributed by atoms with Gasteiger partial charge in [0.2, 0.25) is 17.7 Å². The maximum atomic E-state index is 11.8. The highest BCUT2D eigenvalue weighted by Gasteiger charge is 2.13. The number of alkyl halides is 3. The van der Waals surface area contributed by atoms with Crippen LogP contribution in [0.1, 0.15) is 32.1 Å². The molecular weight excluding hydrogens is 445 g/mol. The monoisotopic (exact) mass is 475 g/mol. The molecule has 0 radical (unpaired) electrons. The Morgan fingerprint density at radius 1 is 0.690 bits per heavy atom. The molecule has 0 aliphatic heterocycles. The van der Waals surface area contributed by atoms with E-state index in [0.717, 1.165) is 0 Å². The first-order valence-corrected chi connectivity index (χ1v) is 11.3. The van der Waals surface area contributed by atoms with Crippen LogP contribution in [0.4, 0.5) is 0 Å². The molecule has 8 nitrogen and oxygen atoms in total. The Morgan fingerprint density at radius 3 is 1.52 bits per heavy atom. The normalized spacial score (nSPS) is 10.8. The van der Waals surface area contributed by atoms with E-state index in [9.17, 15) is 14.4 Å². The molecule has 0 spiro atoms. The number of ether oxygens (including phenoxy) is 2. The summed E-state index contributed by atoms with van der Waals surface area (Å²) < 4.78 is 11.2. The van der Waals surface area contributed by atoms with Gasteiger partial charge in [0.15, 0.2) is 0 Å². The quantitative estimate of drug-likeness (QED) is 0.193. The van der Waals surface area contributed by atoms with Gasteiger partial charge < -0.3 is 25.4 Å². The van der Waals surface area contributed by atoms with Crippen LogP contribution in [-0.4, -0.2) is 80.9 Å². The molecule has 0 heterocycles. The smallest absolute Gasteiger partial charge is 0.221 e. The number of hydrogen-bond acceptors (Lipinski definition) is 5. The van der Waals surface area contributed by atoms with Gasteiger partial charge in [-0.2, -0.15) is 0 Å². The molecule has 0 unspecified atom stereocenters. The fourth-order valence-electron chi connectivity index (χ4n) is 2.12. The van der Waals surface area contributed by atoms with Crippen molar-refractivity contribution in [2.75, 3.05) is 57.2 Å². The van der Waals surface area contributed by atoms with Crippen LogP contribution < -0.4 is 16.0 Å². The van der Waals surface area contributed by atoms with Crippen molar-refractivity contribution < 1.29 is 23.9 Å². The molecule has 0 atom stereocenters. The summed E-state index contributed by atoms with van der Waals surface area (Å²) in [4.78, 5) is 34.4. The van der Waals surface area contributed by atoms with Gasteiger partial charge in [-0.25, -0.2) is 0 Å². The van der Waals surface area contributed by atoms with Gasteiger partial charge in [0.05, 0.1) is 19.3 Å². The fraction of sp³-hybridized carbons (Fsp3) is 0.833. The van der Waals surface area contributed by atoms with Gasteiger partial charge in [-0.05, 0) is 12.8 Å². The minimum atomic E-state index is -0.303. The number of halogens is 3. The predicted molar refractivity (Wildman–Crippen MR) is 115 cm³/mol. The van der Waals surface area contributed by atoms with Crippen molar-refractivity contribution in [3.63, 3.8) is 0 Å². The molecule has 0 fully saturated rings. The number of nitrogens with one attached hydrogen (secondary N) is 3. The van der Waals surface area contributed by atoms with Crippen molar-refractivity contribution in [2.45, 2.75) is 38.1 Å². The summed E-state index contributed by atoms with van der Waals surface area (Å²) in [5, 5.41) is 8.31. The van der Waals surface area contributed by atoms with Crippen LogP contribution >= 0.6 is 34.8 Å². The summed E-state index contributed by atoms with van der Waals surface area (Å²) in [6.45, 7) is 2.47. The maximum absolute atomic E-state index is 11.8. The second-order valence-electron chi connectivity index (χ2n) is 6.14. The highest BCUT2D eigenvalue weighted by Crippen LogP contribution is 1.95. The summed E-state index contributed by atoms with van der Waals surface area (Å²) >= 11 is 16.6. The van der Waals surface area contributed by atoms with E-state index in [-0.39, 0.29) is 49.3 Å². The van der Waals surface area contributed by atoms with Gasteiger partial charge in [0.25, 0.3) is 0 Å². The largest absolute Gasteiger partial charge is 0.379 e. The van der Waals surface area contributed by atoms with E-state index in [2.05, 4.69) is 16.0 Å². The van der Waals surface area contributed by atoms with Gasteiger partial charge in [-0.1, -0.05) is 0 Å². The lowest BCUT2D eigenvalue weighted by atomic mass is 10.3. The van der Waals surface area contributed by atoms with Gasteiger partial charge in [0.1, 0.15) is 0 Å². The SMILES string of the molecule is O=C(CCCl)NCCCOCC(COCCCNC(=O)CCCl)NC(=O)CCCl. The van der Waals surface area contributed by atoms with E-state index in [1.54, 1.807) is 0 Å². The number of carbonyl (C=O) groups is 3. The Labute approximate surface area is 187 Å². The summed E-state index contributed by atoms with van der Waals surface area (Å²) in [5.74, 6) is 0.498. The molecule has 3 N–H and O–H groups in total. The summed E-state index contributed by atoms with van der Waals surface area (Å²) in [6, 6.07) is -0.303. The van der Waals surface area contributed by atoms with Crippen molar-refractivity contribution in [3.05, 3.63) is 0 Å². The van der Waals surface area contributed by atoms with Crippen molar-refractivity contribution in [1.29, 1.82) is 0 Å². The zero-order valence-electron chi connectivity index (χ0n) is 16.7. The van der Waals surface area contributed by atoms with Gasteiger partial charge >= 0.3 is 0 Å². The Bertz CT molecular complexity index is 428. The molecule has 0 rings (SSSR count). The second-order valence-corrected chi connectivity index (χ2v) is 7.27. The second kappa shape index (κ2) is 20.5. The minimum Gasteiger partial charge on any atom is -0.379 e. The average Bonchev–Trinajstić information content (AvgIpc) is 2.67. The van der Waals surface area contributed by atoms with E-state index < -0.39 is 0 Å². The van der Waals surface area contributed by atoms with E-state index >= 15 is 0 Å². The van der Waals surface area contributed by atoms with E-state index in [0.29, 0.717) is 63.7 Å². The van der Waals surface area contributed by atoms with E-state index in [4.69, 9.17) is 44.3 Å². The zero-order valence-corrected chi connectivity index (χ0v) is 18.9. The van der Waals surface area contributed by atoms with Gasteiger partial charge in [0, 0.05) is 63.2 Å². The van der Waals surface area contributed by atoms with E-state index in [1.807, 2.05) is 0 Å². The lowest BCUT2D eigenvalue weighted by Crippen LogP contribution is -2.42. The Hall–Kier alpha value is -0.800. The van der Waals surface area contributed by atoms with Gasteiger partial charge in [-0.3, -0.25) is 14.4 Å². The first-order chi connectivity index (χ1) is 14.0. The third kappa shape index (κ3) is 18.9. The molecule has 170 valence electrons. The summed E-state index contributed by atoms with van der Waals surface area (Å²) in [7, 11) is 0. The molecule has 0 saturated heterocycles. The van der Waals surface area contributed by atoms with Crippen LogP contribution in [0.15, 0.2) is 0 Å². The number of hydrogen-bond donors (Lipinski definition) is 3. The van der Waals surface area contributed by atoms with Crippen LogP contribution in [0.3, 0.4) is 0 Å². The topological polar surface area (TPSA) is 106 Å². The molecule has 0 bridgehead atoms. The highest BCUT2D eigenvalue weighted by atomic mass is 35.5. The van der Waals surface area contributed by atoms with Crippen LogP contribution in [0.25, 0.3) is 0 Å². The Kier molecular flexibility index (Phi) is 19.9. The third-order valence-electron chi connectivity index (χ3n) is 3.54. The van der Waals surface area contributed by atoms with Crippen molar-refractivity contribution in [3.8, 4) is 0 Å². The number of rotatable bonds is 19. The molecule has 29 heavy (non-hydrogen) atoms. The van der Waals surface area contributed by atoms with Crippen LogP contribution in [-0.2, 0) is 23.9 Å². The molecule has 0 aliphatic carbocycles. The molecule has 11 heteroatoms.